The lowest BCUT2D eigenvalue weighted by Gasteiger charge is -2.32. The molecule has 1 fully saturated rings. The van der Waals surface area contributed by atoms with E-state index >= 15 is 0 Å². The van der Waals surface area contributed by atoms with Crippen molar-refractivity contribution in [2.75, 3.05) is 13.1 Å². The molecule has 2 aliphatic heterocycles. The fraction of sp³-hybridized carbons (Fsp3) is 0.500. The van der Waals surface area contributed by atoms with Crippen molar-refractivity contribution in [2.45, 2.75) is 51.9 Å². The molecule has 0 unspecified atom stereocenters. The third-order valence-electron chi connectivity index (χ3n) is 5.57. The lowest BCUT2D eigenvalue weighted by molar-refractivity contribution is -0.105. The van der Waals surface area contributed by atoms with Gasteiger partial charge in [0.15, 0.2) is 0 Å². The van der Waals surface area contributed by atoms with Gasteiger partial charge in [-0.05, 0) is 45.2 Å². The van der Waals surface area contributed by atoms with Crippen LogP contribution in [0.15, 0.2) is 41.4 Å². The number of hydrogen-bond donors (Lipinski definition) is 0. The quantitative estimate of drug-likeness (QED) is 0.601. The average molecular weight is 371 g/mol. The maximum atomic E-state index is 12.4. The summed E-state index contributed by atoms with van der Waals surface area (Å²) in [6, 6.07) is 9.50. The van der Waals surface area contributed by atoms with E-state index in [4.69, 9.17) is 14.0 Å². The van der Waals surface area contributed by atoms with Gasteiger partial charge in [0, 0.05) is 12.1 Å². The lowest BCUT2D eigenvalue weighted by atomic mass is 9.72. The van der Waals surface area contributed by atoms with Crippen molar-refractivity contribution in [2.24, 2.45) is 0 Å². The Balaban J connectivity index is 1.65. The first-order valence-electron chi connectivity index (χ1n) is 9.22. The molecule has 144 valence electrons. The minimum atomic E-state index is -0.558. The number of carbonyl (C=O) groups is 2. The van der Waals surface area contributed by atoms with E-state index < -0.39 is 24.4 Å². The summed E-state index contributed by atoms with van der Waals surface area (Å²) in [4.78, 5) is 25.6. The number of amides is 1. The Morgan fingerprint density at radius 2 is 1.81 bits per heavy atom. The molecule has 0 N–H and O–H groups in total. The maximum Gasteiger partial charge on any atom is 0.491 e. The molecule has 1 aromatic carbocycles. The summed E-state index contributed by atoms with van der Waals surface area (Å²) in [6.45, 7) is 8.78. The number of aldehydes is 1. The highest BCUT2D eigenvalue weighted by molar-refractivity contribution is 6.55. The van der Waals surface area contributed by atoms with Crippen LogP contribution in [0.5, 0.6) is 0 Å². The molecule has 7 heteroatoms. The van der Waals surface area contributed by atoms with Gasteiger partial charge in [-0.2, -0.15) is 0 Å². The van der Waals surface area contributed by atoms with Gasteiger partial charge in [0.2, 0.25) is 0 Å². The number of hydrogen-bond acceptors (Lipinski definition) is 5. The van der Waals surface area contributed by atoms with Crippen LogP contribution in [0.4, 0.5) is 4.79 Å². The van der Waals surface area contributed by atoms with Crippen LogP contribution in [-0.2, 0) is 25.4 Å². The van der Waals surface area contributed by atoms with Gasteiger partial charge in [0.1, 0.15) is 12.9 Å². The molecule has 0 aliphatic carbocycles. The fourth-order valence-corrected chi connectivity index (χ4v) is 3.14. The predicted molar refractivity (Wildman–Crippen MR) is 102 cm³/mol. The Morgan fingerprint density at radius 3 is 2.41 bits per heavy atom. The standard InChI is InChI=1S/C20H26BNO5/c1-19(2)20(3,4)27-21(26-19)17-10-11-22(12-16(17)13-23)18(24)25-14-15-8-6-5-7-9-15/h5-9,13H,10-12,14H2,1-4H3. The van der Waals surface area contributed by atoms with Crippen LogP contribution in [0, 0.1) is 0 Å². The molecule has 0 atom stereocenters. The molecule has 2 aliphatic rings. The lowest BCUT2D eigenvalue weighted by Crippen LogP contribution is -2.41. The monoisotopic (exact) mass is 371 g/mol. The largest absolute Gasteiger partial charge is 0.491 e. The number of ether oxygens (including phenoxy) is 1. The zero-order chi connectivity index (χ0) is 19.7. The molecule has 0 saturated carbocycles. The highest BCUT2D eigenvalue weighted by Gasteiger charge is 2.53. The summed E-state index contributed by atoms with van der Waals surface area (Å²) >= 11 is 0. The minimum absolute atomic E-state index is 0.205. The van der Waals surface area contributed by atoms with Crippen molar-refractivity contribution < 1.29 is 23.6 Å². The van der Waals surface area contributed by atoms with E-state index in [9.17, 15) is 9.59 Å². The summed E-state index contributed by atoms with van der Waals surface area (Å²) in [5.74, 6) is 0. The van der Waals surface area contributed by atoms with Crippen molar-refractivity contribution in [3.8, 4) is 0 Å². The summed E-state index contributed by atoms with van der Waals surface area (Å²) < 4.78 is 17.5. The smallest absolute Gasteiger partial charge is 0.445 e. The van der Waals surface area contributed by atoms with Crippen molar-refractivity contribution in [1.29, 1.82) is 0 Å². The molecule has 1 saturated heterocycles. The van der Waals surface area contributed by atoms with Crippen LogP contribution < -0.4 is 0 Å². The van der Waals surface area contributed by atoms with Gasteiger partial charge < -0.3 is 18.9 Å². The Morgan fingerprint density at radius 1 is 1.19 bits per heavy atom. The van der Waals surface area contributed by atoms with Gasteiger partial charge in [-0.15, -0.1) is 0 Å². The summed E-state index contributed by atoms with van der Waals surface area (Å²) in [5, 5.41) is 0. The first kappa shape index (κ1) is 19.6. The number of benzene rings is 1. The zero-order valence-electron chi connectivity index (χ0n) is 16.4. The molecule has 1 amide bonds. The number of nitrogens with zero attached hydrogens (tertiary/aromatic N) is 1. The average Bonchev–Trinajstić information content (AvgIpc) is 2.87. The Kier molecular flexibility index (Phi) is 5.44. The van der Waals surface area contributed by atoms with E-state index in [1.54, 1.807) is 4.90 Å². The molecular weight excluding hydrogens is 345 g/mol. The first-order valence-corrected chi connectivity index (χ1v) is 9.22. The summed E-state index contributed by atoms with van der Waals surface area (Å²) in [6.07, 6.45) is 0.883. The van der Waals surface area contributed by atoms with E-state index in [0.717, 1.165) is 17.3 Å². The number of carbonyl (C=O) groups excluding carboxylic acids is 2. The van der Waals surface area contributed by atoms with E-state index in [-0.39, 0.29) is 13.2 Å². The molecule has 0 aromatic heterocycles. The zero-order valence-corrected chi connectivity index (χ0v) is 16.4. The van der Waals surface area contributed by atoms with Crippen molar-refractivity contribution >= 4 is 19.5 Å². The molecule has 3 rings (SSSR count). The first-order chi connectivity index (χ1) is 12.7. The predicted octanol–water partition coefficient (Wildman–Crippen LogP) is 3.16. The fourth-order valence-electron chi connectivity index (χ4n) is 3.14. The van der Waals surface area contributed by atoms with Gasteiger partial charge in [-0.25, -0.2) is 4.79 Å². The van der Waals surface area contributed by atoms with E-state index in [2.05, 4.69) is 0 Å². The van der Waals surface area contributed by atoms with Crippen LogP contribution in [0.3, 0.4) is 0 Å². The van der Waals surface area contributed by atoms with Gasteiger partial charge in [-0.1, -0.05) is 30.3 Å². The van der Waals surface area contributed by atoms with Crippen molar-refractivity contribution in [3.05, 3.63) is 46.9 Å². The maximum absolute atomic E-state index is 12.4. The van der Waals surface area contributed by atoms with Gasteiger partial charge in [0.05, 0.1) is 17.7 Å². The second kappa shape index (κ2) is 7.48. The molecule has 0 bridgehead atoms. The van der Waals surface area contributed by atoms with Gasteiger partial charge >= 0.3 is 13.2 Å². The van der Waals surface area contributed by atoms with E-state index in [1.807, 2.05) is 58.0 Å². The normalized spacial score (nSPS) is 21.3. The second-order valence-electron chi connectivity index (χ2n) is 7.97. The van der Waals surface area contributed by atoms with Crippen molar-refractivity contribution in [1.82, 2.24) is 4.90 Å². The Labute approximate surface area is 160 Å². The Hall–Kier alpha value is -2.12. The third kappa shape index (κ3) is 4.09. The molecule has 6 nitrogen and oxygen atoms in total. The summed E-state index contributed by atoms with van der Waals surface area (Å²) in [5.41, 5.74) is 1.33. The molecule has 0 radical (unpaired) electrons. The molecule has 27 heavy (non-hydrogen) atoms. The molecular formula is C20H26BNO5. The van der Waals surface area contributed by atoms with Gasteiger partial charge in [-0.3, -0.25) is 4.79 Å². The van der Waals surface area contributed by atoms with Crippen LogP contribution in [-0.4, -0.2) is 48.7 Å². The van der Waals surface area contributed by atoms with Crippen LogP contribution in [0.2, 0.25) is 0 Å². The third-order valence-corrected chi connectivity index (χ3v) is 5.57. The molecule has 2 heterocycles. The van der Waals surface area contributed by atoms with Crippen LogP contribution in [0.1, 0.15) is 39.7 Å². The number of rotatable bonds is 4. The molecule has 0 spiro atoms. The van der Waals surface area contributed by atoms with Gasteiger partial charge in [0.25, 0.3) is 0 Å². The van der Waals surface area contributed by atoms with Crippen molar-refractivity contribution in [3.63, 3.8) is 0 Å². The summed E-state index contributed by atoms with van der Waals surface area (Å²) in [7, 11) is -0.558. The highest BCUT2D eigenvalue weighted by atomic mass is 16.7. The minimum Gasteiger partial charge on any atom is -0.445 e. The molecule has 1 aromatic rings. The van der Waals surface area contributed by atoms with E-state index in [0.29, 0.717) is 18.5 Å². The van der Waals surface area contributed by atoms with Crippen LogP contribution in [0.25, 0.3) is 0 Å². The Bertz CT molecular complexity index is 728. The highest BCUT2D eigenvalue weighted by Crippen LogP contribution is 2.40. The second-order valence-corrected chi connectivity index (χ2v) is 7.97. The topological polar surface area (TPSA) is 65.1 Å². The van der Waals surface area contributed by atoms with Crippen LogP contribution >= 0.6 is 0 Å². The van der Waals surface area contributed by atoms with E-state index in [1.165, 1.54) is 0 Å². The SMILES string of the molecule is CC1(C)OB(C2=C(C=O)CN(C(=O)OCc3ccccc3)CC2)OC1(C)C.